The smallest absolute Gasteiger partial charge is 0.324 e. The number of hydrogen-bond acceptors (Lipinski definition) is 8. The molecule has 1 aliphatic heterocycles. The minimum atomic E-state index is -3.77. The molecular formula is C21H22F2N6O5S2. The predicted octanol–water partition coefficient (Wildman–Crippen LogP) is 2.94. The lowest BCUT2D eigenvalue weighted by molar-refractivity contribution is 0.116. The number of hydrogen-bond donors (Lipinski definition) is 0. The number of anilines is 1. The topological polar surface area (TPSA) is 139 Å². The molecule has 1 fully saturated rings. The molecule has 1 saturated heterocycles. The van der Waals surface area contributed by atoms with Gasteiger partial charge in [-0.25, -0.2) is 17.4 Å². The molecule has 0 spiro atoms. The first-order valence-corrected chi connectivity index (χ1v) is 14.4. The number of amides is 2. The van der Waals surface area contributed by atoms with Gasteiger partial charge in [-0.1, -0.05) is 18.2 Å². The van der Waals surface area contributed by atoms with Crippen LogP contribution in [-0.2, 0) is 26.3 Å². The Kier molecular flexibility index (Phi) is 7.31. The van der Waals surface area contributed by atoms with E-state index in [-0.39, 0.29) is 43.1 Å². The Hall–Kier alpha value is -3.46. The van der Waals surface area contributed by atoms with E-state index in [1.807, 2.05) is 0 Å². The van der Waals surface area contributed by atoms with Gasteiger partial charge in [0.2, 0.25) is 5.89 Å². The third kappa shape index (κ3) is 6.20. The zero-order valence-electron chi connectivity index (χ0n) is 19.0. The number of nitrogens with zero attached hydrogens (tertiary/aromatic N) is 6. The van der Waals surface area contributed by atoms with Crippen molar-refractivity contribution in [2.45, 2.75) is 13.0 Å². The van der Waals surface area contributed by atoms with Crippen LogP contribution in [0.25, 0.3) is 11.5 Å². The Labute approximate surface area is 206 Å². The number of pyridine rings is 1. The maximum atomic E-state index is 13.4. The fraction of sp³-hybridized carbons (Fsp3) is 0.333. The average molecular weight is 541 g/mol. The van der Waals surface area contributed by atoms with Gasteiger partial charge in [0.1, 0.15) is 0 Å². The van der Waals surface area contributed by atoms with E-state index in [0.717, 1.165) is 6.26 Å². The summed E-state index contributed by atoms with van der Waals surface area (Å²) in [6.07, 6.45) is -0.607. The molecule has 0 radical (unpaired) electrons. The predicted molar refractivity (Wildman–Crippen MR) is 127 cm³/mol. The van der Waals surface area contributed by atoms with E-state index in [1.54, 1.807) is 42.5 Å². The SMILES string of the molecule is CS(=O)(=O)N=S1(=O)CCN(C(=O)N(Cc2ccc(-c3nnc(C(F)F)o3)cn2)c2ccccc2)CC1. The normalized spacial score (nSPS) is 15.6. The van der Waals surface area contributed by atoms with Crippen LogP contribution >= 0.6 is 0 Å². The summed E-state index contributed by atoms with van der Waals surface area (Å²) in [6, 6.07) is 11.7. The lowest BCUT2D eigenvalue weighted by Crippen LogP contribution is -2.49. The highest BCUT2D eigenvalue weighted by molar-refractivity contribution is 8.03. The number of benzene rings is 1. The number of rotatable bonds is 6. The first-order chi connectivity index (χ1) is 17.0. The Morgan fingerprint density at radius 1 is 1.17 bits per heavy atom. The van der Waals surface area contributed by atoms with Crippen LogP contribution in [0.15, 0.2) is 56.8 Å². The molecule has 3 aromatic rings. The Morgan fingerprint density at radius 3 is 2.42 bits per heavy atom. The summed E-state index contributed by atoms with van der Waals surface area (Å²) in [6.45, 7) is 0.237. The van der Waals surface area contributed by atoms with Crippen molar-refractivity contribution in [2.24, 2.45) is 3.77 Å². The van der Waals surface area contributed by atoms with Gasteiger partial charge < -0.3 is 9.32 Å². The molecule has 2 amide bonds. The molecule has 192 valence electrons. The Balaban J connectivity index is 1.53. The van der Waals surface area contributed by atoms with Crippen molar-refractivity contribution in [2.75, 3.05) is 35.8 Å². The maximum Gasteiger partial charge on any atom is 0.324 e. The molecule has 0 unspecified atom stereocenters. The fourth-order valence-corrected chi connectivity index (χ4v) is 7.31. The van der Waals surface area contributed by atoms with Crippen LogP contribution < -0.4 is 4.90 Å². The molecule has 0 bridgehead atoms. The third-order valence-corrected chi connectivity index (χ3v) is 9.03. The Bertz CT molecular complexity index is 1440. The number of para-hydroxylation sites is 1. The van der Waals surface area contributed by atoms with Gasteiger partial charge >= 0.3 is 12.5 Å². The highest BCUT2D eigenvalue weighted by atomic mass is 32.3. The summed E-state index contributed by atoms with van der Waals surface area (Å²) < 4.78 is 69.5. The average Bonchev–Trinajstić information content (AvgIpc) is 3.33. The molecule has 0 aliphatic carbocycles. The van der Waals surface area contributed by atoms with E-state index in [1.165, 1.54) is 16.0 Å². The summed E-state index contributed by atoms with van der Waals surface area (Å²) in [7, 11) is -6.72. The van der Waals surface area contributed by atoms with Crippen LogP contribution in [0.4, 0.5) is 19.3 Å². The van der Waals surface area contributed by atoms with Crippen LogP contribution in [0.5, 0.6) is 0 Å². The molecule has 1 aromatic carbocycles. The summed E-state index contributed by atoms with van der Waals surface area (Å²) in [5, 5.41) is 6.89. The van der Waals surface area contributed by atoms with E-state index < -0.39 is 32.1 Å². The minimum absolute atomic E-state index is 0.0494. The molecule has 0 saturated carbocycles. The van der Waals surface area contributed by atoms with Crippen molar-refractivity contribution >= 4 is 31.5 Å². The number of carbonyl (C=O) groups excluding carboxylic acids is 1. The molecule has 3 heterocycles. The molecule has 0 N–H and O–H groups in total. The molecule has 36 heavy (non-hydrogen) atoms. The lowest BCUT2D eigenvalue weighted by atomic mass is 10.2. The van der Waals surface area contributed by atoms with Crippen LogP contribution in [-0.4, -0.2) is 69.6 Å². The molecule has 11 nitrogen and oxygen atoms in total. The van der Waals surface area contributed by atoms with Gasteiger partial charge in [-0.2, -0.15) is 8.78 Å². The largest absolute Gasteiger partial charge is 0.415 e. The van der Waals surface area contributed by atoms with Crippen molar-refractivity contribution in [3.05, 3.63) is 60.2 Å². The first kappa shape index (κ1) is 25.6. The van der Waals surface area contributed by atoms with E-state index in [0.29, 0.717) is 16.9 Å². The van der Waals surface area contributed by atoms with Gasteiger partial charge in [0.15, 0.2) is 0 Å². The third-order valence-electron chi connectivity index (χ3n) is 5.22. The van der Waals surface area contributed by atoms with Crippen molar-refractivity contribution in [3.8, 4) is 11.5 Å². The summed E-state index contributed by atoms with van der Waals surface area (Å²) in [5.41, 5.74) is 1.44. The lowest BCUT2D eigenvalue weighted by Gasteiger charge is -2.33. The number of urea groups is 1. The quantitative estimate of drug-likeness (QED) is 0.465. The summed E-state index contributed by atoms with van der Waals surface area (Å²) >= 11 is 0. The zero-order chi connectivity index (χ0) is 25.9. The molecule has 0 atom stereocenters. The number of alkyl halides is 2. The number of sulfonamides is 1. The van der Waals surface area contributed by atoms with Crippen LogP contribution in [0, 0.1) is 0 Å². The van der Waals surface area contributed by atoms with Crippen molar-refractivity contribution in [3.63, 3.8) is 0 Å². The van der Waals surface area contributed by atoms with E-state index >= 15 is 0 Å². The van der Waals surface area contributed by atoms with Gasteiger partial charge in [-0.05, 0) is 24.3 Å². The van der Waals surface area contributed by atoms with Gasteiger partial charge in [-0.3, -0.25) is 9.88 Å². The van der Waals surface area contributed by atoms with Crippen molar-refractivity contribution in [1.82, 2.24) is 20.1 Å². The maximum absolute atomic E-state index is 13.4. The minimum Gasteiger partial charge on any atom is -0.415 e. The van der Waals surface area contributed by atoms with E-state index in [4.69, 9.17) is 4.42 Å². The zero-order valence-corrected chi connectivity index (χ0v) is 20.7. The van der Waals surface area contributed by atoms with Gasteiger partial charge in [0.25, 0.3) is 15.9 Å². The molecular weight excluding hydrogens is 518 g/mol. The summed E-state index contributed by atoms with van der Waals surface area (Å²) in [5.74, 6) is -0.986. The highest BCUT2D eigenvalue weighted by Crippen LogP contribution is 2.24. The van der Waals surface area contributed by atoms with Gasteiger partial charge in [0.05, 0.1) is 45.3 Å². The monoisotopic (exact) mass is 540 g/mol. The summed E-state index contributed by atoms with van der Waals surface area (Å²) in [4.78, 5) is 20.7. The molecule has 1 aliphatic rings. The molecule has 4 rings (SSSR count). The van der Waals surface area contributed by atoms with Gasteiger partial charge in [-0.15, -0.1) is 14.0 Å². The number of aromatic nitrogens is 3. The van der Waals surface area contributed by atoms with E-state index in [2.05, 4.69) is 18.9 Å². The van der Waals surface area contributed by atoms with Crippen molar-refractivity contribution in [1.29, 1.82) is 0 Å². The number of carbonyl (C=O) groups is 1. The van der Waals surface area contributed by atoms with Crippen LogP contribution in [0.1, 0.15) is 18.0 Å². The van der Waals surface area contributed by atoms with Crippen LogP contribution in [0.2, 0.25) is 0 Å². The standard InChI is InChI=1S/C21H22F2N6O5S2/c1-35(31,32)27-36(33)11-9-28(10-12-36)21(30)29(17-5-3-2-4-6-17)14-16-8-7-15(13-24-16)19-25-26-20(34-19)18(22)23/h2-8,13,18H,9-12,14H2,1H3. The van der Waals surface area contributed by atoms with Crippen molar-refractivity contribution < 1.29 is 30.6 Å². The van der Waals surface area contributed by atoms with E-state index in [9.17, 15) is 26.2 Å². The fourth-order valence-electron chi connectivity index (χ4n) is 3.53. The van der Waals surface area contributed by atoms with Gasteiger partial charge in [0, 0.05) is 25.0 Å². The molecule has 15 heteroatoms. The number of halogens is 2. The second kappa shape index (κ2) is 10.3. The van der Waals surface area contributed by atoms with Crippen LogP contribution in [0.3, 0.4) is 0 Å². The second-order valence-electron chi connectivity index (χ2n) is 7.96. The molecule has 2 aromatic heterocycles. The first-order valence-electron chi connectivity index (χ1n) is 10.7. The second-order valence-corrected chi connectivity index (χ2v) is 12.4. The Morgan fingerprint density at radius 2 is 1.86 bits per heavy atom. The highest BCUT2D eigenvalue weighted by Gasteiger charge is 2.29.